The van der Waals surface area contributed by atoms with Gasteiger partial charge in [0.05, 0.1) is 4.92 Å². The van der Waals surface area contributed by atoms with E-state index >= 15 is 0 Å². The fourth-order valence-electron chi connectivity index (χ4n) is 1.82. The topological polar surface area (TPSA) is 114 Å². The van der Waals surface area contributed by atoms with E-state index in [1.807, 2.05) is 6.92 Å². The van der Waals surface area contributed by atoms with Crippen molar-refractivity contribution in [1.82, 2.24) is 15.2 Å². The number of carbonyl (C=O) groups is 1. The summed E-state index contributed by atoms with van der Waals surface area (Å²) in [6.45, 7) is 3.63. The van der Waals surface area contributed by atoms with Crippen LogP contribution in [0.3, 0.4) is 0 Å². The molecule has 1 aromatic carbocycles. The minimum absolute atomic E-state index is 0.0154. The number of H-pyrrole nitrogens is 1. The number of hydrogen-bond acceptors (Lipinski definition) is 5. The van der Waals surface area contributed by atoms with Crippen molar-refractivity contribution < 1.29 is 9.72 Å². The first-order valence-corrected chi connectivity index (χ1v) is 6.49. The molecule has 110 valence electrons. The molecule has 0 atom stereocenters. The fraction of sp³-hybridized carbons (Fsp3) is 0.308. The lowest BCUT2D eigenvalue weighted by Gasteiger charge is -2.03. The van der Waals surface area contributed by atoms with Crippen molar-refractivity contribution in [2.24, 2.45) is 0 Å². The molecule has 0 spiro atoms. The largest absolute Gasteiger partial charge is 0.319 e. The van der Waals surface area contributed by atoms with Crippen LogP contribution in [-0.2, 0) is 6.42 Å². The quantitative estimate of drug-likeness (QED) is 0.647. The van der Waals surface area contributed by atoms with Crippen LogP contribution >= 0.6 is 0 Å². The Hall–Kier alpha value is -2.77. The van der Waals surface area contributed by atoms with Crippen molar-refractivity contribution in [3.8, 4) is 0 Å². The summed E-state index contributed by atoms with van der Waals surface area (Å²) in [6, 6.07) is 4.49. The molecule has 0 unspecified atom stereocenters. The molecule has 2 aromatic rings. The molecule has 0 aliphatic carbocycles. The first-order chi connectivity index (χ1) is 10.0. The monoisotopic (exact) mass is 289 g/mol. The summed E-state index contributed by atoms with van der Waals surface area (Å²) in [5, 5.41) is 19.9. The third-order valence-electron chi connectivity index (χ3n) is 2.89. The molecule has 0 saturated heterocycles. The third kappa shape index (κ3) is 3.41. The molecule has 8 nitrogen and oxygen atoms in total. The number of rotatable bonds is 5. The number of aromatic amines is 1. The minimum atomic E-state index is -0.508. The highest BCUT2D eigenvalue weighted by Gasteiger charge is 2.15. The summed E-state index contributed by atoms with van der Waals surface area (Å²) in [6.07, 6.45) is 1.59. The second kappa shape index (κ2) is 6.12. The molecule has 2 N–H and O–H groups in total. The van der Waals surface area contributed by atoms with Crippen molar-refractivity contribution in [2.75, 3.05) is 5.32 Å². The molecule has 0 saturated carbocycles. The zero-order valence-corrected chi connectivity index (χ0v) is 11.7. The normalized spacial score (nSPS) is 10.4. The highest BCUT2D eigenvalue weighted by Crippen LogP contribution is 2.22. The van der Waals surface area contributed by atoms with E-state index in [4.69, 9.17) is 0 Å². The molecular weight excluding hydrogens is 274 g/mol. The standard InChI is InChI=1S/C13H15N5O3/c1-3-4-11-15-12(17-16-11)13(19)14-9-6-5-8(2)10(7-9)18(20)21/h5-7H,3-4H2,1-2H3,(H,14,19)(H,15,16,17). The minimum Gasteiger partial charge on any atom is -0.319 e. The summed E-state index contributed by atoms with van der Waals surface area (Å²) < 4.78 is 0. The molecule has 8 heteroatoms. The van der Waals surface area contributed by atoms with Gasteiger partial charge in [0.15, 0.2) is 0 Å². The van der Waals surface area contributed by atoms with Crippen LogP contribution in [0, 0.1) is 17.0 Å². The van der Waals surface area contributed by atoms with E-state index in [0.717, 1.165) is 6.42 Å². The van der Waals surface area contributed by atoms with Gasteiger partial charge in [-0.25, -0.2) is 4.98 Å². The summed E-state index contributed by atoms with van der Waals surface area (Å²) in [5.41, 5.74) is 0.815. The lowest BCUT2D eigenvalue weighted by molar-refractivity contribution is -0.385. The predicted octanol–water partition coefficient (Wildman–Crippen LogP) is 2.23. The van der Waals surface area contributed by atoms with Crippen LogP contribution in [0.25, 0.3) is 0 Å². The molecular formula is C13H15N5O3. The Morgan fingerprint density at radius 1 is 1.48 bits per heavy atom. The lowest BCUT2D eigenvalue weighted by atomic mass is 10.2. The van der Waals surface area contributed by atoms with Crippen molar-refractivity contribution in [3.05, 3.63) is 45.5 Å². The molecule has 1 heterocycles. The maximum absolute atomic E-state index is 12.0. The molecule has 21 heavy (non-hydrogen) atoms. The number of nitrogens with one attached hydrogen (secondary N) is 2. The van der Waals surface area contributed by atoms with Gasteiger partial charge in [-0.05, 0) is 19.4 Å². The van der Waals surface area contributed by atoms with E-state index < -0.39 is 10.8 Å². The fourth-order valence-corrected chi connectivity index (χ4v) is 1.82. The Bertz CT molecular complexity index is 680. The van der Waals surface area contributed by atoms with Crippen LogP contribution in [-0.4, -0.2) is 26.0 Å². The molecule has 0 fully saturated rings. The number of aryl methyl sites for hydroxylation is 2. The van der Waals surface area contributed by atoms with Gasteiger partial charge in [-0.15, -0.1) is 5.10 Å². The second-order valence-corrected chi connectivity index (χ2v) is 4.57. The average Bonchev–Trinajstić information content (AvgIpc) is 2.90. The Labute approximate surface area is 120 Å². The molecule has 1 aromatic heterocycles. The molecule has 1 amide bonds. The summed E-state index contributed by atoms with van der Waals surface area (Å²) >= 11 is 0. The first kappa shape index (κ1) is 14.6. The number of nitro benzene ring substituents is 1. The molecule has 0 bridgehead atoms. The highest BCUT2D eigenvalue weighted by molar-refractivity contribution is 6.01. The van der Waals surface area contributed by atoms with Gasteiger partial charge in [0, 0.05) is 23.7 Å². The SMILES string of the molecule is CCCc1nc(C(=O)Nc2ccc(C)c([N+](=O)[O-])c2)n[nH]1. The van der Waals surface area contributed by atoms with Crippen LogP contribution in [0.5, 0.6) is 0 Å². The second-order valence-electron chi connectivity index (χ2n) is 4.57. The van der Waals surface area contributed by atoms with Gasteiger partial charge in [-0.1, -0.05) is 13.0 Å². The van der Waals surface area contributed by atoms with Crippen molar-refractivity contribution in [1.29, 1.82) is 0 Å². The Morgan fingerprint density at radius 2 is 2.24 bits per heavy atom. The molecule has 2 rings (SSSR count). The van der Waals surface area contributed by atoms with Crippen molar-refractivity contribution in [3.63, 3.8) is 0 Å². The van der Waals surface area contributed by atoms with Gasteiger partial charge in [0.25, 0.3) is 11.6 Å². The zero-order valence-electron chi connectivity index (χ0n) is 11.7. The summed E-state index contributed by atoms with van der Waals surface area (Å²) in [4.78, 5) is 26.4. The summed E-state index contributed by atoms with van der Waals surface area (Å²) in [7, 11) is 0. The Kier molecular flexibility index (Phi) is 4.27. The number of hydrogen-bond donors (Lipinski definition) is 2. The number of carbonyl (C=O) groups excluding carboxylic acids is 1. The number of amides is 1. The van der Waals surface area contributed by atoms with Crippen molar-refractivity contribution >= 4 is 17.3 Å². The van der Waals surface area contributed by atoms with Gasteiger partial charge in [-0.2, -0.15) is 0 Å². The zero-order chi connectivity index (χ0) is 15.4. The van der Waals surface area contributed by atoms with E-state index in [0.29, 0.717) is 23.5 Å². The number of benzene rings is 1. The maximum atomic E-state index is 12.0. The number of nitro groups is 1. The van der Waals surface area contributed by atoms with E-state index in [9.17, 15) is 14.9 Å². The van der Waals surface area contributed by atoms with Crippen LogP contribution in [0.4, 0.5) is 11.4 Å². The van der Waals surface area contributed by atoms with E-state index in [-0.39, 0.29) is 11.5 Å². The van der Waals surface area contributed by atoms with E-state index in [2.05, 4.69) is 20.5 Å². The van der Waals surface area contributed by atoms with Crippen LogP contribution in [0.1, 0.15) is 35.4 Å². The lowest BCUT2D eigenvalue weighted by Crippen LogP contribution is -2.14. The average molecular weight is 289 g/mol. The van der Waals surface area contributed by atoms with Gasteiger partial charge in [0.1, 0.15) is 5.82 Å². The number of anilines is 1. The van der Waals surface area contributed by atoms with Gasteiger partial charge in [0.2, 0.25) is 5.82 Å². The molecule has 0 aliphatic heterocycles. The Balaban J connectivity index is 2.15. The third-order valence-corrected chi connectivity index (χ3v) is 2.89. The smallest absolute Gasteiger partial charge is 0.295 e. The number of nitrogens with zero attached hydrogens (tertiary/aromatic N) is 3. The predicted molar refractivity (Wildman–Crippen MR) is 76.2 cm³/mol. The molecule has 0 radical (unpaired) electrons. The maximum Gasteiger partial charge on any atom is 0.295 e. The number of aromatic nitrogens is 3. The van der Waals surface area contributed by atoms with Gasteiger partial charge >= 0.3 is 0 Å². The first-order valence-electron chi connectivity index (χ1n) is 6.49. The van der Waals surface area contributed by atoms with Crippen LogP contribution in [0.15, 0.2) is 18.2 Å². The van der Waals surface area contributed by atoms with Crippen molar-refractivity contribution in [2.45, 2.75) is 26.7 Å². The van der Waals surface area contributed by atoms with Gasteiger partial charge < -0.3 is 5.32 Å². The summed E-state index contributed by atoms with van der Waals surface area (Å²) in [5.74, 6) is 0.144. The highest BCUT2D eigenvalue weighted by atomic mass is 16.6. The Morgan fingerprint density at radius 3 is 2.90 bits per heavy atom. The van der Waals surface area contributed by atoms with Gasteiger partial charge in [-0.3, -0.25) is 20.0 Å². The molecule has 0 aliphatic rings. The van der Waals surface area contributed by atoms with Crippen LogP contribution < -0.4 is 5.32 Å². The van der Waals surface area contributed by atoms with E-state index in [1.165, 1.54) is 6.07 Å². The van der Waals surface area contributed by atoms with E-state index in [1.54, 1.807) is 19.1 Å². The van der Waals surface area contributed by atoms with Crippen LogP contribution in [0.2, 0.25) is 0 Å².